The standard InChI is InChI=1S/C12H13ClN2O/c1-9(6-7-13)15-12(16)11-4-2-10(8-14)3-5-11/h2-5,9H,6-7H2,1H3,(H,15,16). The van der Waals surface area contributed by atoms with Crippen LogP contribution in [-0.4, -0.2) is 17.8 Å². The highest BCUT2D eigenvalue weighted by atomic mass is 35.5. The Morgan fingerprint density at radius 2 is 2.12 bits per heavy atom. The van der Waals surface area contributed by atoms with Crippen molar-refractivity contribution < 1.29 is 4.79 Å². The first-order valence-corrected chi connectivity index (χ1v) is 5.58. The fourth-order valence-corrected chi connectivity index (χ4v) is 1.57. The molecule has 0 fully saturated rings. The van der Waals surface area contributed by atoms with Crippen LogP contribution in [0.4, 0.5) is 0 Å². The highest BCUT2D eigenvalue weighted by Gasteiger charge is 2.08. The molecule has 0 saturated heterocycles. The van der Waals surface area contributed by atoms with E-state index in [1.165, 1.54) is 0 Å². The lowest BCUT2D eigenvalue weighted by molar-refractivity contribution is 0.0939. The van der Waals surface area contributed by atoms with Gasteiger partial charge >= 0.3 is 0 Å². The van der Waals surface area contributed by atoms with Crippen LogP contribution in [-0.2, 0) is 0 Å². The minimum atomic E-state index is -0.137. The van der Waals surface area contributed by atoms with Gasteiger partial charge in [0.25, 0.3) is 5.91 Å². The molecule has 0 bridgehead atoms. The molecule has 0 radical (unpaired) electrons. The first-order valence-electron chi connectivity index (χ1n) is 5.04. The summed E-state index contributed by atoms with van der Waals surface area (Å²) < 4.78 is 0. The third-order valence-electron chi connectivity index (χ3n) is 2.20. The van der Waals surface area contributed by atoms with Gasteiger partial charge in [0.1, 0.15) is 0 Å². The summed E-state index contributed by atoms with van der Waals surface area (Å²) in [5, 5.41) is 11.4. The van der Waals surface area contributed by atoms with Gasteiger partial charge in [0.2, 0.25) is 0 Å². The van der Waals surface area contributed by atoms with E-state index >= 15 is 0 Å². The molecule has 0 aliphatic heterocycles. The monoisotopic (exact) mass is 236 g/mol. The number of halogens is 1. The van der Waals surface area contributed by atoms with Gasteiger partial charge in [0.15, 0.2) is 0 Å². The Morgan fingerprint density at radius 3 is 2.62 bits per heavy atom. The van der Waals surface area contributed by atoms with E-state index < -0.39 is 0 Å². The van der Waals surface area contributed by atoms with E-state index in [9.17, 15) is 4.79 Å². The van der Waals surface area contributed by atoms with Gasteiger partial charge in [-0.15, -0.1) is 11.6 Å². The van der Waals surface area contributed by atoms with Gasteiger partial charge < -0.3 is 5.32 Å². The van der Waals surface area contributed by atoms with Crippen molar-refractivity contribution in [2.24, 2.45) is 0 Å². The van der Waals surface area contributed by atoms with Crippen molar-refractivity contribution in [1.29, 1.82) is 5.26 Å². The lowest BCUT2D eigenvalue weighted by Gasteiger charge is -2.12. The summed E-state index contributed by atoms with van der Waals surface area (Å²) in [4.78, 5) is 11.7. The Labute approximate surface area is 100 Å². The molecule has 4 heteroatoms. The van der Waals surface area contributed by atoms with Gasteiger partial charge in [-0.25, -0.2) is 0 Å². The number of alkyl halides is 1. The second-order valence-corrected chi connectivity index (χ2v) is 3.92. The number of nitriles is 1. The molecule has 1 amide bonds. The van der Waals surface area contributed by atoms with E-state index in [0.29, 0.717) is 17.0 Å². The molecule has 0 aliphatic carbocycles. The zero-order valence-electron chi connectivity index (χ0n) is 9.03. The van der Waals surface area contributed by atoms with Crippen LogP contribution in [0.5, 0.6) is 0 Å². The predicted octanol–water partition coefficient (Wildman–Crippen LogP) is 2.31. The maximum atomic E-state index is 11.7. The van der Waals surface area contributed by atoms with Gasteiger partial charge in [0.05, 0.1) is 11.6 Å². The molecule has 16 heavy (non-hydrogen) atoms. The number of benzene rings is 1. The van der Waals surface area contributed by atoms with Gasteiger partial charge in [-0.1, -0.05) is 0 Å². The molecular weight excluding hydrogens is 224 g/mol. The number of carbonyl (C=O) groups is 1. The van der Waals surface area contributed by atoms with E-state index in [2.05, 4.69) is 5.32 Å². The number of amides is 1. The molecule has 3 nitrogen and oxygen atoms in total. The summed E-state index contributed by atoms with van der Waals surface area (Å²) in [5.74, 6) is 0.386. The van der Waals surface area contributed by atoms with Crippen molar-refractivity contribution in [3.05, 3.63) is 35.4 Å². The lowest BCUT2D eigenvalue weighted by Crippen LogP contribution is -2.32. The quantitative estimate of drug-likeness (QED) is 0.816. The van der Waals surface area contributed by atoms with Crippen LogP contribution in [0.2, 0.25) is 0 Å². The SMILES string of the molecule is CC(CCCl)NC(=O)c1ccc(C#N)cc1. The summed E-state index contributed by atoms with van der Waals surface area (Å²) in [5.41, 5.74) is 1.10. The summed E-state index contributed by atoms with van der Waals surface area (Å²) in [7, 11) is 0. The van der Waals surface area contributed by atoms with E-state index in [0.717, 1.165) is 6.42 Å². The van der Waals surface area contributed by atoms with Crippen LogP contribution in [0.25, 0.3) is 0 Å². The average molecular weight is 237 g/mol. The number of carbonyl (C=O) groups excluding carboxylic acids is 1. The van der Waals surface area contributed by atoms with Crippen molar-refractivity contribution in [2.45, 2.75) is 19.4 Å². The minimum Gasteiger partial charge on any atom is -0.350 e. The Morgan fingerprint density at radius 1 is 1.50 bits per heavy atom. The molecule has 0 saturated carbocycles. The molecule has 1 unspecified atom stereocenters. The smallest absolute Gasteiger partial charge is 0.251 e. The lowest BCUT2D eigenvalue weighted by atomic mass is 10.1. The average Bonchev–Trinajstić information content (AvgIpc) is 2.29. The summed E-state index contributed by atoms with van der Waals surface area (Å²) >= 11 is 5.58. The van der Waals surface area contributed by atoms with E-state index in [4.69, 9.17) is 16.9 Å². The van der Waals surface area contributed by atoms with E-state index in [1.807, 2.05) is 13.0 Å². The number of rotatable bonds is 4. The number of hydrogen-bond acceptors (Lipinski definition) is 2. The first-order chi connectivity index (χ1) is 7.67. The molecule has 1 aromatic carbocycles. The Kier molecular flexibility index (Phi) is 4.81. The highest BCUT2D eigenvalue weighted by molar-refractivity contribution is 6.17. The van der Waals surface area contributed by atoms with Gasteiger partial charge in [-0.05, 0) is 37.6 Å². The van der Waals surface area contributed by atoms with Crippen LogP contribution in [0.3, 0.4) is 0 Å². The zero-order valence-corrected chi connectivity index (χ0v) is 9.79. The van der Waals surface area contributed by atoms with Crippen LogP contribution >= 0.6 is 11.6 Å². The topological polar surface area (TPSA) is 52.9 Å². The molecule has 0 heterocycles. The summed E-state index contributed by atoms with van der Waals surface area (Å²) in [6.45, 7) is 1.91. The molecule has 1 N–H and O–H groups in total. The van der Waals surface area contributed by atoms with Gasteiger partial charge in [-0.3, -0.25) is 4.79 Å². The second-order valence-electron chi connectivity index (χ2n) is 3.54. The number of nitrogens with zero attached hydrogens (tertiary/aromatic N) is 1. The molecular formula is C12H13ClN2O. The van der Waals surface area contributed by atoms with Gasteiger partial charge in [0, 0.05) is 17.5 Å². The van der Waals surface area contributed by atoms with Crippen LogP contribution < -0.4 is 5.32 Å². The maximum Gasteiger partial charge on any atom is 0.251 e. The number of hydrogen-bond donors (Lipinski definition) is 1. The largest absolute Gasteiger partial charge is 0.350 e. The van der Waals surface area contributed by atoms with Crippen LogP contribution in [0.1, 0.15) is 29.3 Å². The normalized spacial score (nSPS) is 11.6. The van der Waals surface area contributed by atoms with Crippen molar-refractivity contribution in [3.8, 4) is 6.07 Å². The molecule has 1 aromatic rings. The third kappa shape index (κ3) is 3.56. The molecule has 0 spiro atoms. The Balaban J connectivity index is 2.63. The van der Waals surface area contributed by atoms with Crippen LogP contribution in [0, 0.1) is 11.3 Å². The summed E-state index contributed by atoms with van der Waals surface area (Å²) in [6, 6.07) is 8.59. The van der Waals surface area contributed by atoms with Crippen molar-refractivity contribution >= 4 is 17.5 Å². The Hall–Kier alpha value is -1.53. The van der Waals surface area contributed by atoms with Crippen molar-refractivity contribution in [2.75, 3.05) is 5.88 Å². The predicted molar refractivity (Wildman–Crippen MR) is 63.4 cm³/mol. The minimum absolute atomic E-state index is 0.0562. The molecule has 1 atom stereocenters. The van der Waals surface area contributed by atoms with E-state index in [1.54, 1.807) is 24.3 Å². The second kappa shape index (κ2) is 6.14. The fraction of sp³-hybridized carbons (Fsp3) is 0.333. The summed E-state index contributed by atoms with van der Waals surface area (Å²) in [6.07, 6.45) is 0.740. The first kappa shape index (κ1) is 12.5. The highest BCUT2D eigenvalue weighted by Crippen LogP contribution is 2.04. The molecule has 0 aliphatic rings. The van der Waals surface area contributed by atoms with Crippen LogP contribution in [0.15, 0.2) is 24.3 Å². The molecule has 84 valence electrons. The zero-order chi connectivity index (χ0) is 12.0. The maximum absolute atomic E-state index is 11.7. The van der Waals surface area contributed by atoms with Crippen molar-refractivity contribution in [3.63, 3.8) is 0 Å². The molecule has 1 rings (SSSR count). The Bertz CT molecular complexity index is 394. The van der Waals surface area contributed by atoms with E-state index in [-0.39, 0.29) is 11.9 Å². The third-order valence-corrected chi connectivity index (χ3v) is 2.41. The van der Waals surface area contributed by atoms with Gasteiger partial charge in [-0.2, -0.15) is 5.26 Å². The number of nitrogens with one attached hydrogen (secondary N) is 1. The fourth-order valence-electron chi connectivity index (χ4n) is 1.24. The van der Waals surface area contributed by atoms with Crippen molar-refractivity contribution in [1.82, 2.24) is 5.32 Å². The molecule has 0 aromatic heterocycles.